The number of carboxylic acids is 1. The maximum absolute atomic E-state index is 15.2. The van der Waals surface area contributed by atoms with E-state index >= 15 is 4.39 Å². The van der Waals surface area contributed by atoms with Gasteiger partial charge in [-0.2, -0.15) is 0 Å². The standard InChI is InChI=1S/C19H16FN3O3S/c20-13-7-12-15(22-4-5-27-18(22)14(17(12)24)19(25)26)11-3-1-2-10-6-9(21)8-23(10)16(11)13/h1,3-5,7,9-10H,2,6,8,21H2,(H,25,26)/t9-,10+/m0/s1. The van der Waals surface area contributed by atoms with Crippen molar-refractivity contribution in [3.05, 3.63) is 50.9 Å². The van der Waals surface area contributed by atoms with Gasteiger partial charge in [0.05, 0.1) is 16.6 Å². The Labute approximate surface area is 156 Å². The molecule has 1 fully saturated rings. The molecule has 2 aliphatic rings. The average Bonchev–Trinajstić information content (AvgIpc) is 3.17. The van der Waals surface area contributed by atoms with Crippen LogP contribution in [-0.4, -0.2) is 34.1 Å². The molecule has 0 amide bonds. The van der Waals surface area contributed by atoms with E-state index in [0.29, 0.717) is 28.1 Å². The summed E-state index contributed by atoms with van der Waals surface area (Å²) in [5.74, 6) is -1.83. The molecule has 138 valence electrons. The minimum Gasteiger partial charge on any atom is -0.477 e. The number of hydrogen-bond acceptors (Lipinski definition) is 5. The molecule has 1 saturated heterocycles. The SMILES string of the molecule is N[C@H]1C[C@H]2CC=Cc3c(c(F)cc4c(=O)c(C(=O)O)c5sccn5c34)N2C1. The van der Waals surface area contributed by atoms with Gasteiger partial charge >= 0.3 is 5.97 Å². The van der Waals surface area contributed by atoms with E-state index in [9.17, 15) is 14.7 Å². The van der Waals surface area contributed by atoms with E-state index in [1.807, 2.05) is 17.1 Å². The van der Waals surface area contributed by atoms with Crippen LogP contribution in [0.5, 0.6) is 0 Å². The van der Waals surface area contributed by atoms with Crippen LogP contribution >= 0.6 is 11.3 Å². The first-order valence-corrected chi connectivity index (χ1v) is 9.55. The van der Waals surface area contributed by atoms with Crippen LogP contribution in [0, 0.1) is 5.82 Å². The number of aromatic carboxylic acids is 1. The minimum atomic E-state index is -1.31. The van der Waals surface area contributed by atoms with Gasteiger partial charge in [-0.25, -0.2) is 9.18 Å². The van der Waals surface area contributed by atoms with Gasteiger partial charge in [-0.1, -0.05) is 12.2 Å². The van der Waals surface area contributed by atoms with Gasteiger partial charge in [-0.05, 0) is 18.9 Å². The van der Waals surface area contributed by atoms with Crippen molar-refractivity contribution in [2.24, 2.45) is 5.73 Å². The molecule has 1 aromatic carbocycles. The van der Waals surface area contributed by atoms with Gasteiger partial charge in [-0.3, -0.25) is 4.79 Å². The lowest BCUT2D eigenvalue weighted by Crippen LogP contribution is -2.31. The number of nitrogens with two attached hydrogens (primary N) is 1. The number of thiazole rings is 1. The molecule has 0 aliphatic carbocycles. The third-order valence-corrected chi connectivity index (χ3v) is 6.32. The lowest BCUT2D eigenvalue weighted by Gasteiger charge is -2.27. The number of halogens is 1. The van der Waals surface area contributed by atoms with Crippen LogP contribution in [0.1, 0.15) is 28.8 Å². The van der Waals surface area contributed by atoms with Crippen LogP contribution in [0.25, 0.3) is 21.8 Å². The Morgan fingerprint density at radius 1 is 1.41 bits per heavy atom. The molecule has 3 aromatic rings. The maximum Gasteiger partial charge on any atom is 0.342 e. The molecule has 2 atom stereocenters. The van der Waals surface area contributed by atoms with E-state index in [2.05, 4.69) is 0 Å². The molecule has 2 aromatic heterocycles. The molecular weight excluding hydrogens is 369 g/mol. The third-order valence-electron chi connectivity index (χ3n) is 5.44. The molecule has 0 unspecified atom stereocenters. The Bertz CT molecular complexity index is 1210. The molecule has 0 saturated carbocycles. The monoisotopic (exact) mass is 385 g/mol. The van der Waals surface area contributed by atoms with Crippen molar-refractivity contribution in [2.45, 2.75) is 24.9 Å². The second-order valence-corrected chi connectivity index (χ2v) is 7.94. The van der Waals surface area contributed by atoms with Crippen LogP contribution in [0.4, 0.5) is 10.1 Å². The Morgan fingerprint density at radius 2 is 2.22 bits per heavy atom. The van der Waals surface area contributed by atoms with E-state index < -0.39 is 17.2 Å². The van der Waals surface area contributed by atoms with E-state index in [0.717, 1.165) is 12.8 Å². The molecule has 4 heterocycles. The summed E-state index contributed by atoms with van der Waals surface area (Å²) in [5.41, 5.74) is 6.71. The third kappa shape index (κ3) is 2.20. The highest BCUT2D eigenvalue weighted by Crippen LogP contribution is 2.39. The van der Waals surface area contributed by atoms with Gasteiger partial charge < -0.3 is 20.1 Å². The molecular formula is C19H16FN3O3S. The number of pyridine rings is 1. The normalized spacial score (nSPS) is 21.5. The van der Waals surface area contributed by atoms with E-state index in [4.69, 9.17) is 5.73 Å². The van der Waals surface area contributed by atoms with E-state index in [-0.39, 0.29) is 23.0 Å². The highest BCUT2D eigenvalue weighted by molar-refractivity contribution is 7.16. The topological polar surface area (TPSA) is 88.0 Å². The van der Waals surface area contributed by atoms with Crippen LogP contribution in [0.15, 0.2) is 28.5 Å². The summed E-state index contributed by atoms with van der Waals surface area (Å²) in [6.45, 7) is 0.552. The average molecular weight is 385 g/mol. The smallest absolute Gasteiger partial charge is 0.342 e. The van der Waals surface area contributed by atoms with Gasteiger partial charge in [0.2, 0.25) is 5.43 Å². The number of carbonyl (C=O) groups is 1. The second kappa shape index (κ2) is 5.64. The molecule has 2 aliphatic heterocycles. The van der Waals surface area contributed by atoms with Crippen molar-refractivity contribution in [3.8, 4) is 0 Å². The number of anilines is 1. The van der Waals surface area contributed by atoms with Crippen molar-refractivity contribution in [2.75, 3.05) is 11.4 Å². The summed E-state index contributed by atoms with van der Waals surface area (Å²) in [6.07, 6.45) is 7.08. The Hall–Kier alpha value is -2.71. The summed E-state index contributed by atoms with van der Waals surface area (Å²) in [7, 11) is 0. The largest absolute Gasteiger partial charge is 0.477 e. The van der Waals surface area contributed by atoms with Gasteiger partial charge in [0.15, 0.2) is 0 Å². The van der Waals surface area contributed by atoms with Crippen molar-refractivity contribution in [1.29, 1.82) is 0 Å². The first kappa shape index (κ1) is 16.5. The number of benzene rings is 1. The number of fused-ring (bicyclic) bond motifs is 7. The quantitative estimate of drug-likeness (QED) is 0.672. The predicted octanol–water partition coefficient (Wildman–Crippen LogP) is 2.67. The van der Waals surface area contributed by atoms with Gasteiger partial charge in [-0.15, -0.1) is 11.3 Å². The van der Waals surface area contributed by atoms with Crippen LogP contribution < -0.4 is 16.1 Å². The fraction of sp³-hybridized carbons (Fsp3) is 0.263. The lowest BCUT2D eigenvalue weighted by atomic mass is 10.0. The van der Waals surface area contributed by atoms with Gasteiger partial charge in [0.25, 0.3) is 0 Å². The minimum absolute atomic E-state index is 0.0253. The summed E-state index contributed by atoms with van der Waals surface area (Å²) in [5, 5.41) is 11.3. The van der Waals surface area contributed by atoms with Crippen molar-refractivity contribution >= 4 is 44.8 Å². The molecule has 27 heavy (non-hydrogen) atoms. The van der Waals surface area contributed by atoms with Crippen LogP contribution in [-0.2, 0) is 0 Å². The zero-order valence-electron chi connectivity index (χ0n) is 14.2. The van der Waals surface area contributed by atoms with Crippen molar-refractivity contribution in [3.63, 3.8) is 0 Å². The van der Waals surface area contributed by atoms with Crippen molar-refractivity contribution < 1.29 is 14.3 Å². The Kier molecular flexibility index (Phi) is 3.44. The van der Waals surface area contributed by atoms with Gasteiger partial charge in [0, 0.05) is 35.8 Å². The van der Waals surface area contributed by atoms with Crippen LogP contribution in [0.2, 0.25) is 0 Å². The zero-order valence-corrected chi connectivity index (χ0v) is 15.0. The molecule has 5 rings (SSSR count). The molecule has 0 bridgehead atoms. The molecule has 8 heteroatoms. The summed E-state index contributed by atoms with van der Waals surface area (Å²) in [4.78, 5) is 26.9. The number of carboxylic acid groups (broad SMARTS) is 1. The Balaban J connectivity index is 1.96. The molecule has 0 spiro atoms. The highest BCUT2D eigenvalue weighted by atomic mass is 32.1. The number of rotatable bonds is 1. The zero-order chi connectivity index (χ0) is 18.9. The molecule has 3 N–H and O–H groups in total. The molecule has 6 nitrogen and oxygen atoms in total. The van der Waals surface area contributed by atoms with Crippen LogP contribution in [0.3, 0.4) is 0 Å². The van der Waals surface area contributed by atoms with E-state index in [1.165, 1.54) is 17.4 Å². The summed E-state index contributed by atoms with van der Waals surface area (Å²) >= 11 is 1.18. The van der Waals surface area contributed by atoms with Crippen molar-refractivity contribution in [1.82, 2.24) is 4.40 Å². The number of hydrogen-bond donors (Lipinski definition) is 2. The fourth-order valence-corrected chi connectivity index (χ4v) is 5.26. The second-order valence-electron chi connectivity index (χ2n) is 7.04. The lowest BCUT2D eigenvalue weighted by molar-refractivity contribution is 0.0697. The van der Waals surface area contributed by atoms with E-state index in [1.54, 1.807) is 16.0 Å². The van der Waals surface area contributed by atoms with Gasteiger partial charge in [0.1, 0.15) is 16.2 Å². The first-order valence-electron chi connectivity index (χ1n) is 8.67. The molecule has 0 radical (unpaired) electrons. The number of aromatic nitrogens is 1. The summed E-state index contributed by atoms with van der Waals surface area (Å²) < 4.78 is 16.9. The number of nitrogens with zero attached hydrogens (tertiary/aromatic N) is 2. The fourth-order valence-electron chi connectivity index (χ4n) is 4.38. The Morgan fingerprint density at radius 3 is 3.00 bits per heavy atom. The first-order chi connectivity index (χ1) is 13.0. The predicted molar refractivity (Wildman–Crippen MR) is 103 cm³/mol. The maximum atomic E-state index is 15.2. The highest BCUT2D eigenvalue weighted by Gasteiger charge is 2.35. The summed E-state index contributed by atoms with van der Waals surface area (Å²) in [6, 6.07) is 1.27.